The first kappa shape index (κ1) is 10.3. The Morgan fingerprint density at radius 3 is 2.69 bits per heavy atom. The van der Waals surface area contributed by atoms with Gasteiger partial charge in [-0.2, -0.15) is 0 Å². The third-order valence-electron chi connectivity index (χ3n) is 1.96. The first-order chi connectivity index (χ1) is 6.06. The molecule has 0 aromatic heterocycles. The Bertz CT molecular complexity index is 315. The number of halogens is 2. The fourth-order valence-corrected chi connectivity index (χ4v) is 1.39. The summed E-state index contributed by atoms with van der Waals surface area (Å²) < 4.78 is 13.0. The van der Waals surface area contributed by atoms with Crippen LogP contribution in [0.5, 0.6) is 0 Å². The summed E-state index contributed by atoms with van der Waals surface area (Å²) in [7, 11) is 0. The number of anilines is 1. The van der Waals surface area contributed by atoms with E-state index < -0.39 is 5.82 Å². The largest absolute Gasteiger partial charge is 0.396 e. The Kier molecular flexibility index (Phi) is 3.12. The van der Waals surface area contributed by atoms with Gasteiger partial charge in [-0.3, -0.25) is 0 Å². The molecule has 0 saturated heterocycles. The molecule has 1 aromatic rings. The Balaban J connectivity index is 3.15. The average Bonchev–Trinajstić information content (AvgIpc) is 2.10. The Hall–Kier alpha value is -0.800. The van der Waals surface area contributed by atoms with E-state index in [4.69, 9.17) is 23.1 Å². The van der Waals surface area contributed by atoms with E-state index in [1.807, 2.05) is 6.92 Å². The van der Waals surface area contributed by atoms with Gasteiger partial charge in [-0.05, 0) is 24.1 Å². The second-order valence-electron chi connectivity index (χ2n) is 2.91. The monoisotopic (exact) mass is 202 g/mol. The smallest absolute Gasteiger partial charge is 0.146 e. The van der Waals surface area contributed by atoms with Crippen molar-refractivity contribution >= 4 is 17.3 Å². The van der Waals surface area contributed by atoms with Gasteiger partial charge in [-0.1, -0.05) is 18.5 Å². The van der Waals surface area contributed by atoms with E-state index in [2.05, 4.69) is 0 Å². The van der Waals surface area contributed by atoms with Gasteiger partial charge in [0.15, 0.2) is 0 Å². The lowest BCUT2D eigenvalue weighted by atomic mass is 10.0. The third kappa shape index (κ3) is 2.11. The third-order valence-corrected chi connectivity index (χ3v) is 2.28. The molecule has 0 aliphatic carbocycles. The number of rotatable bonds is 2. The Morgan fingerprint density at radius 1 is 1.54 bits per heavy atom. The van der Waals surface area contributed by atoms with E-state index in [9.17, 15) is 4.39 Å². The highest BCUT2D eigenvalue weighted by Gasteiger charge is 2.11. The second-order valence-corrected chi connectivity index (χ2v) is 3.32. The molecule has 0 fully saturated rings. The molecule has 1 aromatic carbocycles. The van der Waals surface area contributed by atoms with Crippen molar-refractivity contribution in [2.45, 2.75) is 19.4 Å². The van der Waals surface area contributed by atoms with Crippen LogP contribution in [0.4, 0.5) is 10.1 Å². The van der Waals surface area contributed by atoms with Crippen molar-refractivity contribution in [3.05, 3.63) is 28.5 Å². The molecule has 0 unspecified atom stereocenters. The predicted molar refractivity (Wildman–Crippen MR) is 53.0 cm³/mol. The highest BCUT2D eigenvalue weighted by Crippen LogP contribution is 2.27. The summed E-state index contributed by atoms with van der Waals surface area (Å²) in [5.41, 5.74) is 11.7. The highest BCUT2D eigenvalue weighted by molar-refractivity contribution is 6.31. The van der Waals surface area contributed by atoms with Crippen molar-refractivity contribution in [2.75, 3.05) is 5.73 Å². The maximum absolute atomic E-state index is 13.0. The normalized spacial score (nSPS) is 12.9. The molecular formula is C9H12ClFN2. The van der Waals surface area contributed by atoms with E-state index in [-0.39, 0.29) is 11.7 Å². The van der Waals surface area contributed by atoms with E-state index in [0.29, 0.717) is 17.0 Å². The molecule has 1 atom stereocenters. The molecule has 13 heavy (non-hydrogen) atoms. The molecule has 0 aliphatic heterocycles. The van der Waals surface area contributed by atoms with Crippen molar-refractivity contribution in [1.29, 1.82) is 0 Å². The molecule has 72 valence electrons. The number of benzene rings is 1. The Labute approximate surface area is 81.7 Å². The standard InChI is InChI=1S/C9H12ClFN2/c1-2-8(12)5-3-7(11)9(13)4-6(5)10/h3-4,8H,2,12-13H2,1H3/t8-/m1/s1. The van der Waals surface area contributed by atoms with Crippen LogP contribution < -0.4 is 11.5 Å². The molecule has 1 rings (SSSR count). The van der Waals surface area contributed by atoms with Crippen LogP contribution in [0.25, 0.3) is 0 Å². The number of hydrogen-bond acceptors (Lipinski definition) is 2. The van der Waals surface area contributed by atoms with Crippen LogP contribution in [-0.4, -0.2) is 0 Å². The van der Waals surface area contributed by atoms with E-state index >= 15 is 0 Å². The van der Waals surface area contributed by atoms with Gasteiger partial charge in [-0.15, -0.1) is 0 Å². The molecule has 4 N–H and O–H groups in total. The molecule has 0 aliphatic rings. The molecule has 0 radical (unpaired) electrons. The molecule has 0 saturated carbocycles. The van der Waals surface area contributed by atoms with Gasteiger partial charge < -0.3 is 11.5 Å². The van der Waals surface area contributed by atoms with Gasteiger partial charge in [0.25, 0.3) is 0 Å². The SMILES string of the molecule is CC[C@@H](N)c1cc(F)c(N)cc1Cl. The van der Waals surface area contributed by atoms with Crippen molar-refractivity contribution in [3.8, 4) is 0 Å². The van der Waals surface area contributed by atoms with Gasteiger partial charge in [0.1, 0.15) is 5.82 Å². The summed E-state index contributed by atoms with van der Waals surface area (Å²) in [4.78, 5) is 0. The predicted octanol–water partition coefficient (Wildman–Crippen LogP) is 2.47. The lowest BCUT2D eigenvalue weighted by molar-refractivity contribution is 0.621. The van der Waals surface area contributed by atoms with Crippen LogP contribution in [0, 0.1) is 5.82 Å². The van der Waals surface area contributed by atoms with Gasteiger partial charge in [0.05, 0.1) is 5.69 Å². The second kappa shape index (κ2) is 3.94. The van der Waals surface area contributed by atoms with Crippen molar-refractivity contribution < 1.29 is 4.39 Å². The zero-order chi connectivity index (χ0) is 10.0. The van der Waals surface area contributed by atoms with E-state index in [1.54, 1.807) is 0 Å². The zero-order valence-corrected chi connectivity index (χ0v) is 8.11. The summed E-state index contributed by atoms with van der Waals surface area (Å²) in [6.45, 7) is 1.91. The maximum Gasteiger partial charge on any atom is 0.146 e. The van der Waals surface area contributed by atoms with Crippen LogP contribution in [0.1, 0.15) is 24.9 Å². The number of nitrogen functional groups attached to an aromatic ring is 1. The molecular weight excluding hydrogens is 191 g/mol. The van der Waals surface area contributed by atoms with E-state index in [1.165, 1.54) is 12.1 Å². The lowest BCUT2D eigenvalue weighted by Crippen LogP contribution is -2.10. The van der Waals surface area contributed by atoms with Crippen LogP contribution in [0.3, 0.4) is 0 Å². The van der Waals surface area contributed by atoms with Crippen LogP contribution >= 0.6 is 11.6 Å². The fraction of sp³-hybridized carbons (Fsp3) is 0.333. The van der Waals surface area contributed by atoms with Gasteiger partial charge in [0.2, 0.25) is 0 Å². The lowest BCUT2D eigenvalue weighted by Gasteiger charge is -2.12. The highest BCUT2D eigenvalue weighted by atomic mass is 35.5. The van der Waals surface area contributed by atoms with Crippen LogP contribution in [0.2, 0.25) is 5.02 Å². The molecule has 0 bridgehead atoms. The molecule has 0 heterocycles. The minimum atomic E-state index is -0.469. The van der Waals surface area contributed by atoms with E-state index in [0.717, 1.165) is 0 Å². The summed E-state index contributed by atoms with van der Waals surface area (Å²) in [6, 6.07) is 2.45. The molecule has 4 heteroatoms. The molecule has 0 amide bonds. The van der Waals surface area contributed by atoms with Crippen LogP contribution in [0.15, 0.2) is 12.1 Å². The molecule has 0 spiro atoms. The first-order valence-corrected chi connectivity index (χ1v) is 4.44. The summed E-state index contributed by atoms with van der Waals surface area (Å²) in [5, 5.41) is 0.424. The topological polar surface area (TPSA) is 52.0 Å². The van der Waals surface area contributed by atoms with Gasteiger partial charge in [-0.25, -0.2) is 4.39 Å². The quantitative estimate of drug-likeness (QED) is 0.724. The summed E-state index contributed by atoms with van der Waals surface area (Å²) in [5.74, 6) is -0.469. The van der Waals surface area contributed by atoms with Crippen LogP contribution in [-0.2, 0) is 0 Å². The fourth-order valence-electron chi connectivity index (χ4n) is 1.08. The van der Waals surface area contributed by atoms with Crippen molar-refractivity contribution in [1.82, 2.24) is 0 Å². The minimum Gasteiger partial charge on any atom is -0.396 e. The number of hydrogen-bond donors (Lipinski definition) is 2. The molecule has 2 nitrogen and oxygen atoms in total. The summed E-state index contributed by atoms with van der Waals surface area (Å²) in [6.07, 6.45) is 0.711. The zero-order valence-electron chi connectivity index (χ0n) is 7.35. The summed E-state index contributed by atoms with van der Waals surface area (Å²) >= 11 is 5.85. The average molecular weight is 203 g/mol. The minimum absolute atomic E-state index is 0.0528. The van der Waals surface area contributed by atoms with Gasteiger partial charge >= 0.3 is 0 Å². The van der Waals surface area contributed by atoms with Crippen molar-refractivity contribution in [3.63, 3.8) is 0 Å². The van der Waals surface area contributed by atoms with Gasteiger partial charge in [0, 0.05) is 11.1 Å². The first-order valence-electron chi connectivity index (χ1n) is 4.06. The maximum atomic E-state index is 13.0. The number of nitrogens with two attached hydrogens (primary N) is 2. The Morgan fingerprint density at radius 2 is 2.15 bits per heavy atom. The van der Waals surface area contributed by atoms with Crippen molar-refractivity contribution in [2.24, 2.45) is 5.73 Å².